The first kappa shape index (κ1) is 21.4. The highest BCUT2D eigenvalue weighted by Gasteiger charge is 2.27. The van der Waals surface area contributed by atoms with E-state index in [4.69, 9.17) is 14.2 Å². The molecular formula is C19H20FNO6S. The zero-order valence-corrected chi connectivity index (χ0v) is 16.5. The van der Waals surface area contributed by atoms with Gasteiger partial charge in [0, 0.05) is 6.07 Å². The van der Waals surface area contributed by atoms with Crippen LogP contribution in [0.2, 0.25) is 0 Å². The Kier molecular flexibility index (Phi) is 7.51. The highest BCUT2D eigenvalue weighted by atomic mass is 32.1. The summed E-state index contributed by atoms with van der Waals surface area (Å²) in [6.45, 7) is 4.80. The monoisotopic (exact) mass is 409 g/mol. The minimum Gasteiger partial charge on any atom is -0.484 e. The number of anilines is 1. The molecular weight excluding hydrogens is 389 g/mol. The number of halogens is 1. The van der Waals surface area contributed by atoms with Crippen molar-refractivity contribution in [2.24, 2.45) is 0 Å². The second kappa shape index (κ2) is 9.84. The van der Waals surface area contributed by atoms with Crippen molar-refractivity contribution in [2.75, 3.05) is 25.1 Å². The first-order valence-electron chi connectivity index (χ1n) is 8.53. The van der Waals surface area contributed by atoms with Crippen molar-refractivity contribution in [1.29, 1.82) is 0 Å². The lowest BCUT2D eigenvalue weighted by Crippen LogP contribution is -2.21. The molecule has 2 aromatic rings. The molecule has 2 rings (SSSR count). The minimum atomic E-state index is -0.659. The van der Waals surface area contributed by atoms with Gasteiger partial charge in [-0.25, -0.2) is 14.0 Å². The second-order valence-corrected chi connectivity index (χ2v) is 6.52. The van der Waals surface area contributed by atoms with Crippen LogP contribution in [0.3, 0.4) is 0 Å². The number of esters is 2. The lowest BCUT2D eigenvalue weighted by molar-refractivity contribution is -0.118. The van der Waals surface area contributed by atoms with Gasteiger partial charge in [-0.2, -0.15) is 0 Å². The first-order valence-corrected chi connectivity index (χ1v) is 9.34. The summed E-state index contributed by atoms with van der Waals surface area (Å²) in [7, 11) is 0. The number of amides is 1. The van der Waals surface area contributed by atoms with Gasteiger partial charge in [-0.05, 0) is 38.5 Å². The van der Waals surface area contributed by atoms with Crippen molar-refractivity contribution in [3.05, 3.63) is 46.1 Å². The lowest BCUT2D eigenvalue weighted by Gasteiger charge is -2.08. The summed E-state index contributed by atoms with van der Waals surface area (Å²) in [6, 6.07) is 5.36. The smallest absolute Gasteiger partial charge is 0.348 e. The molecule has 0 spiro atoms. The summed E-state index contributed by atoms with van der Waals surface area (Å²) < 4.78 is 28.4. The standard InChI is InChI=1S/C19H20FNO6S/c1-4-25-18(23)15-11(3)16(19(24)26-5-2)28-17(15)21-14(22)10-27-13-8-6-7-12(20)9-13/h6-9H,4-5,10H2,1-3H3,(H,21,22). The third-order valence-corrected chi connectivity index (χ3v) is 4.69. The second-order valence-electron chi connectivity index (χ2n) is 5.50. The van der Waals surface area contributed by atoms with Gasteiger partial charge in [0.05, 0.1) is 18.8 Å². The molecule has 1 aromatic carbocycles. The maximum Gasteiger partial charge on any atom is 0.348 e. The van der Waals surface area contributed by atoms with Gasteiger partial charge in [-0.3, -0.25) is 4.79 Å². The van der Waals surface area contributed by atoms with Crippen LogP contribution < -0.4 is 10.1 Å². The number of nitrogens with one attached hydrogen (secondary N) is 1. The van der Waals surface area contributed by atoms with Gasteiger partial charge in [-0.1, -0.05) is 6.07 Å². The van der Waals surface area contributed by atoms with Gasteiger partial charge in [0.25, 0.3) is 5.91 Å². The first-order chi connectivity index (χ1) is 13.4. The van der Waals surface area contributed by atoms with Crippen LogP contribution in [-0.2, 0) is 14.3 Å². The molecule has 0 saturated carbocycles. The fraction of sp³-hybridized carbons (Fsp3) is 0.316. The lowest BCUT2D eigenvalue weighted by atomic mass is 10.1. The predicted octanol–water partition coefficient (Wildman–Crippen LogP) is 3.57. The zero-order chi connectivity index (χ0) is 20.7. The molecule has 0 aliphatic rings. The van der Waals surface area contributed by atoms with E-state index >= 15 is 0 Å². The maximum atomic E-state index is 13.2. The maximum absolute atomic E-state index is 13.2. The summed E-state index contributed by atoms with van der Waals surface area (Å²) >= 11 is 0.918. The van der Waals surface area contributed by atoms with Gasteiger partial charge in [0.1, 0.15) is 21.4 Å². The number of hydrogen-bond acceptors (Lipinski definition) is 7. The van der Waals surface area contributed by atoms with Crippen LogP contribution in [0.15, 0.2) is 24.3 Å². The molecule has 0 aliphatic carbocycles. The van der Waals surface area contributed by atoms with Crippen LogP contribution >= 0.6 is 11.3 Å². The SMILES string of the molecule is CCOC(=O)c1sc(NC(=O)COc2cccc(F)c2)c(C(=O)OCC)c1C. The van der Waals surface area contributed by atoms with Gasteiger partial charge in [-0.15, -0.1) is 11.3 Å². The van der Waals surface area contributed by atoms with Gasteiger partial charge >= 0.3 is 11.9 Å². The number of carbonyl (C=O) groups excluding carboxylic acids is 3. The quantitative estimate of drug-likeness (QED) is 0.671. The summed E-state index contributed by atoms with van der Waals surface area (Å²) in [5.41, 5.74) is 0.456. The van der Waals surface area contributed by atoms with Crippen molar-refractivity contribution < 1.29 is 33.0 Å². The fourth-order valence-corrected chi connectivity index (χ4v) is 3.42. The van der Waals surface area contributed by atoms with Crippen LogP contribution in [0, 0.1) is 12.7 Å². The molecule has 0 atom stereocenters. The van der Waals surface area contributed by atoms with E-state index in [0.29, 0.717) is 5.56 Å². The highest BCUT2D eigenvalue weighted by molar-refractivity contribution is 7.18. The Hall–Kier alpha value is -2.94. The average Bonchev–Trinajstić information content (AvgIpc) is 2.96. The number of rotatable bonds is 8. The van der Waals surface area contributed by atoms with Crippen molar-refractivity contribution in [3.8, 4) is 5.75 Å². The Morgan fingerprint density at radius 2 is 1.79 bits per heavy atom. The van der Waals surface area contributed by atoms with E-state index in [1.807, 2.05) is 0 Å². The largest absolute Gasteiger partial charge is 0.484 e. The molecule has 0 bridgehead atoms. The van der Waals surface area contributed by atoms with Gasteiger partial charge in [0.15, 0.2) is 6.61 Å². The molecule has 0 fully saturated rings. The minimum absolute atomic E-state index is 0.0917. The number of ether oxygens (including phenoxy) is 3. The van der Waals surface area contributed by atoms with Crippen LogP contribution in [0.25, 0.3) is 0 Å². The van der Waals surface area contributed by atoms with Crippen LogP contribution in [0.1, 0.15) is 39.4 Å². The molecule has 0 radical (unpaired) electrons. The number of carbonyl (C=O) groups is 3. The molecule has 0 aliphatic heterocycles. The Balaban J connectivity index is 2.19. The number of benzene rings is 1. The fourth-order valence-electron chi connectivity index (χ4n) is 2.31. The number of hydrogen-bond donors (Lipinski definition) is 1. The average molecular weight is 409 g/mol. The molecule has 0 unspecified atom stereocenters. The molecule has 1 amide bonds. The Morgan fingerprint density at radius 3 is 2.43 bits per heavy atom. The van der Waals surface area contributed by atoms with E-state index in [1.165, 1.54) is 18.2 Å². The van der Waals surface area contributed by atoms with E-state index in [1.54, 1.807) is 20.8 Å². The Bertz CT molecular complexity index is 879. The van der Waals surface area contributed by atoms with Crippen molar-refractivity contribution in [1.82, 2.24) is 0 Å². The zero-order valence-electron chi connectivity index (χ0n) is 15.7. The van der Waals surface area contributed by atoms with E-state index in [-0.39, 0.29) is 34.4 Å². The van der Waals surface area contributed by atoms with Crippen molar-refractivity contribution >= 4 is 34.2 Å². The van der Waals surface area contributed by atoms with Crippen molar-refractivity contribution in [2.45, 2.75) is 20.8 Å². The van der Waals surface area contributed by atoms with Gasteiger partial charge < -0.3 is 19.5 Å². The molecule has 9 heteroatoms. The summed E-state index contributed by atoms with van der Waals surface area (Å²) in [5.74, 6) is -2.13. The normalized spacial score (nSPS) is 10.3. The highest BCUT2D eigenvalue weighted by Crippen LogP contribution is 2.34. The molecule has 1 aromatic heterocycles. The van der Waals surface area contributed by atoms with E-state index in [2.05, 4.69) is 5.32 Å². The predicted molar refractivity (Wildman–Crippen MR) is 101 cm³/mol. The van der Waals surface area contributed by atoms with E-state index < -0.39 is 30.3 Å². The molecule has 7 nitrogen and oxygen atoms in total. The van der Waals surface area contributed by atoms with Crippen molar-refractivity contribution in [3.63, 3.8) is 0 Å². The topological polar surface area (TPSA) is 90.9 Å². The van der Waals surface area contributed by atoms with E-state index in [9.17, 15) is 18.8 Å². The third kappa shape index (κ3) is 5.29. The summed E-state index contributed by atoms with van der Waals surface area (Å²) in [5, 5.41) is 2.70. The summed E-state index contributed by atoms with van der Waals surface area (Å²) in [4.78, 5) is 36.8. The van der Waals surface area contributed by atoms with E-state index in [0.717, 1.165) is 17.4 Å². The van der Waals surface area contributed by atoms with Crippen LogP contribution in [0.5, 0.6) is 5.75 Å². The Morgan fingerprint density at radius 1 is 1.11 bits per heavy atom. The third-order valence-electron chi connectivity index (χ3n) is 3.51. The molecule has 0 saturated heterocycles. The molecule has 28 heavy (non-hydrogen) atoms. The molecule has 1 N–H and O–H groups in total. The summed E-state index contributed by atoms with van der Waals surface area (Å²) in [6.07, 6.45) is 0. The Labute approximate surface area is 165 Å². The van der Waals surface area contributed by atoms with Gasteiger partial charge in [0.2, 0.25) is 0 Å². The molecule has 150 valence electrons. The van der Waals surface area contributed by atoms with Crippen LogP contribution in [0.4, 0.5) is 9.39 Å². The molecule has 1 heterocycles. The number of thiophene rings is 1. The van der Waals surface area contributed by atoms with Crippen LogP contribution in [-0.4, -0.2) is 37.7 Å².